The van der Waals surface area contributed by atoms with E-state index in [1.54, 1.807) is 16.7 Å². The van der Waals surface area contributed by atoms with Gasteiger partial charge in [0.05, 0.1) is 29.7 Å². The number of piperazine rings is 1. The van der Waals surface area contributed by atoms with Crippen molar-refractivity contribution in [3.05, 3.63) is 0 Å². The van der Waals surface area contributed by atoms with E-state index in [2.05, 4.69) is 6.92 Å². The van der Waals surface area contributed by atoms with Gasteiger partial charge in [0.1, 0.15) is 0 Å². The number of carbonyl (C=O) groups is 2. The molecule has 1 N–H and O–H groups in total. The summed E-state index contributed by atoms with van der Waals surface area (Å²) in [5.74, 6) is 0.405. The number of hydrogen-bond donors (Lipinski definition) is 1. The highest BCUT2D eigenvalue weighted by Crippen LogP contribution is 2.27. The SMILES string of the molecule is CCCSCC(=O)N1CCN(CCC(=O)O)C2CS(=O)(=O)CC21. The van der Waals surface area contributed by atoms with Crippen molar-refractivity contribution in [2.45, 2.75) is 31.8 Å². The van der Waals surface area contributed by atoms with E-state index >= 15 is 0 Å². The summed E-state index contributed by atoms with van der Waals surface area (Å²) < 4.78 is 24.0. The van der Waals surface area contributed by atoms with Crippen LogP contribution in [-0.4, -0.2) is 89.9 Å². The summed E-state index contributed by atoms with van der Waals surface area (Å²) in [7, 11) is -3.18. The van der Waals surface area contributed by atoms with Crippen LogP contribution < -0.4 is 0 Å². The smallest absolute Gasteiger partial charge is 0.304 e. The summed E-state index contributed by atoms with van der Waals surface area (Å²) in [6.07, 6.45) is 0.991. The lowest BCUT2D eigenvalue weighted by Gasteiger charge is -2.43. The van der Waals surface area contributed by atoms with Gasteiger partial charge in [0, 0.05) is 25.7 Å². The molecule has 0 saturated carbocycles. The van der Waals surface area contributed by atoms with Crippen LogP contribution in [0.2, 0.25) is 0 Å². The summed E-state index contributed by atoms with van der Waals surface area (Å²) in [4.78, 5) is 26.8. The Kier molecular flexibility index (Phi) is 6.33. The van der Waals surface area contributed by atoms with Crippen molar-refractivity contribution in [1.29, 1.82) is 0 Å². The predicted octanol–water partition coefficient (Wildman–Crippen LogP) is -0.0859. The van der Waals surface area contributed by atoms with Gasteiger partial charge in [-0.05, 0) is 12.2 Å². The Hall–Kier alpha value is -0.800. The molecule has 0 aromatic heterocycles. The molecule has 0 spiro atoms. The van der Waals surface area contributed by atoms with Crippen molar-refractivity contribution >= 4 is 33.5 Å². The maximum absolute atomic E-state index is 12.4. The second-order valence-electron chi connectivity index (χ2n) is 6.03. The summed E-state index contributed by atoms with van der Waals surface area (Å²) in [6, 6.07) is -0.606. The predicted molar refractivity (Wildman–Crippen MR) is 89.4 cm³/mol. The fourth-order valence-electron chi connectivity index (χ4n) is 3.24. The lowest BCUT2D eigenvalue weighted by Crippen LogP contribution is -2.61. The Bertz CT molecular complexity index is 551. The average Bonchev–Trinajstić information content (AvgIpc) is 2.79. The van der Waals surface area contributed by atoms with Crippen molar-refractivity contribution in [1.82, 2.24) is 9.80 Å². The Labute approximate surface area is 141 Å². The molecule has 0 aliphatic carbocycles. The quantitative estimate of drug-likeness (QED) is 0.631. The van der Waals surface area contributed by atoms with Crippen LogP contribution in [0.15, 0.2) is 0 Å². The first kappa shape index (κ1) is 18.5. The van der Waals surface area contributed by atoms with E-state index in [1.165, 1.54) is 0 Å². The first-order chi connectivity index (χ1) is 10.8. The van der Waals surface area contributed by atoms with Gasteiger partial charge >= 0.3 is 5.97 Å². The minimum absolute atomic E-state index is 0.00608. The number of aliphatic carboxylic acids is 1. The lowest BCUT2D eigenvalue weighted by molar-refractivity contribution is -0.139. The largest absolute Gasteiger partial charge is 0.481 e. The van der Waals surface area contributed by atoms with Crippen molar-refractivity contribution in [3.8, 4) is 0 Å². The number of rotatable bonds is 7. The Morgan fingerprint density at radius 2 is 1.91 bits per heavy atom. The zero-order chi connectivity index (χ0) is 17.0. The van der Waals surface area contributed by atoms with Crippen LogP contribution in [0.4, 0.5) is 0 Å². The highest BCUT2D eigenvalue weighted by atomic mass is 32.2. The molecule has 2 heterocycles. The van der Waals surface area contributed by atoms with Gasteiger partial charge in [-0.25, -0.2) is 8.42 Å². The molecule has 2 aliphatic heterocycles. The summed E-state index contributed by atoms with van der Waals surface area (Å²) >= 11 is 1.57. The molecule has 0 aromatic rings. The molecule has 9 heteroatoms. The van der Waals surface area contributed by atoms with Gasteiger partial charge in [0.2, 0.25) is 5.91 Å². The van der Waals surface area contributed by atoms with Gasteiger partial charge in [-0.3, -0.25) is 14.5 Å². The first-order valence-corrected chi connectivity index (χ1v) is 10.8. The second kappa shape index (κ2) is 7.85. The molecule has 1 amide bonds. The number of carboxylic acid groups (broad SMARTS) is 1. The number of amides is 1. The van der Waals surface area contributed by atoms with Crippen LogP contribution in [0.25, 0.3) is 0 Å². The minimum Gasteiger partial charge on any atom is -0.481 e. The summed E-state index contributed by atoms with van der Waals surface area (Å²) in [5.41, 5.74) is 0. The highest BCUT2D eigenvalue weighted by Gasteiger charge is 2.47. The molecular weight excluding hydrogens is 340 g/mol. The van der Waals surface area contributed by atoms with Crippen molar-refractivity contribution in [2.24, 2.45) is 0 Å². The van der Waals surface area contributed by atoms with E-state index in [9.17, 15) is 18.0 Å². The van der Waals surface area contributed by atoms with E-state index < -0.39 is 15.8 Å². The van der Waals surface area contributed by atoms with Crippen LogP contribution in [0.3, 0.4) is 0 Å². The van der Waals surface area contributed by atoms with E-state index in [-0.39, 0.29) is 35.9 Å². The number of sulfone groups is 1. The number of thioether (sulfide) groups is 1. The highest BCUT2D eigenvalue weighted by molar-refractivity contribution is 7.99. The molecular formula is C14H24N2O5S2. The number of nitrogens with zero attached hydrogens (tertiary/aromatic N) is 2. The van der Waals surface area contributed by atoms with Crippen molar-refractivity contribution in [3.63, 3.8) is 0 Å². The molecule has 0 radical (unpaired) electrons. The maximum Gasteiger partial charge on any atom is 0.304 e. The van der Waals surface area contributed by atoms with Gasteiger partial charge in [0.15, 0.2) is 9.84 Å². The minimum atomic E-state index is -3.18. The van der Waals surface area contributed by atoms with Crippen LogP contribution >= 0.6 is 11.8 Å². The van der Waals surface area contributed by atoms with Crippen LogP contribution in [0.1, 0.15) is 19.8 Å². The monoisotopic (exact) mass is 364 g/mol. The molecule has 2 atom stereocenters. The zero-order valence-electron chi connectivity index (χ0n) is 13.3. The summed E-state index contributed by atoms with van der Waals surface area (Å²) in [6.45, 7) is 3.40. The lowest BCUT2D eigenvalue weighted by atomic mass is 10.0. The zero-order valence-corrected chi connectivity index (χ0v) is 14.9. The van der Waals surface area contributed by atoms with Gasteiger partial charge in [-0.2, -0.15) is 11.8 Å². The van der Waals surface area contributed by atoms with Crippen LogP contribution in [0.5, 0.6) is 0 Å². The molecule has 23 heavy (non-hydrogen) atoms. The van der Waals surface area contributed by atoms with Crippen LogP contribution in [-0.2, 0) is 19.4 Å². The standard InChI is InChI=1S/C14H24N2O5S2/c1-2-7-22-8-13(17)16-6-5-15(4-3-14(18)19)11-9-23(20,21)10-12(11)16/h11-12H,2-10H2,1H3,(H,18,19). The van der Waals surface area contributed by atoms with E-state index in [4.69, 9.17) is 5.11 Å². The third-order valence-electron chi connectivity index (χ3n) is 4.30. The Morgan fingerprint density at radius 3 is 2.57 bits per heavy atom. The topological polar surface area (TPSA) is 95.0 Å². The number of carbonyl (C=O) groups excluding carboxylic acids is 1. The number of carboxylic acids is 1. The molecule has 2 fully saturated rings. The first-order valence-electron chi connectivity index (χ1n) is 7.87. The molecule has 0 bridgehead atoms. The third-order valence-corrected chi connectivity index (χ3v) is 7.15. The molecule has 2 aliphatic rings. The van der Waals surface area contributed by atoms with E-state index in [1.807, 2.05) is 4.90 Å². The van der Waals surface area contributed by atoms with Gasteiger partial charge in [-0.15, -0.1) is 0 Å². The molecule has 132 valence electrons. The average molecular weight is 364 g/mol. The Balaban J connectivity index is 2.05. The summed E-state index contributed by atoms with van der Waals surface area (Å²) in [5, 5.41) is 8.84. The molecule has 2 rings (SSSR count). The maximum atomic E-state index is 12.4. The number of hydrogen-bond acceptors (Lipinski definition) is 6. The fraction of sp³-hybridized carbons (Fsp3) is 0.857. The van der Waals surface area contributed by atoms with Gasteiger partial charge < -0.3 is 10.0 Å². The Morgan fingerprint density at radius 1 is 1.22 bits per heavy atom. The number of fused-ring (bicyclic) bond motifs is 1. The third kappa shape index (κ3) is 4.84. The van der Waals surface area contributed by atoms with Gasteiger partial charge in [0.25, 0.3) is 0 Å². The second-order valence-corrected chi connectivity index (χ2v) is 9.29. The molecule has 2 unspecified atom stereocenters. The molecule has 7 nitrogen and oxygen atoms in total. The normalized spacial score (nSPS) is 26.9. The van der Waals surface area contributed by atoms with Crippen LogP contribution in [0, 0.1) is 0 Å². The van der Waals surface area contributed by atoms with E-state index in [0.29, 0.717) is 25.4 Å². The fourth-order valence-corrected chi connectivity index (χ4v) is 6.02. The van der Waals surface area contributed by atoms with Crippen molar-refractivity contribution < 1.29 is 23.1 Å². The van der Waals surface area contributed by atoms with Gasteiger partial charge in [-0.1, -0.05) is 6.92 Å². The molecule has 0 aromatic carbocycles. The van der Waals surface area contributed by atoms with Crippen molar-refractivity contribution in [2.75, 3.05) is 42.6 Å². The molecule has 2 saturated heterocycles. The van der Waals surface area contributed by atoms with E-state index in [0.717, 1.165) is 12.2 Å².